The van der Waals surface area contributed by atoms with Crippen LogP contribution in [-0.2, 0) is 23.8 Å². The van der Waals surface area contributed by atoms with Crippen LogP contribution in [0.1, 0.15) is 68.6 Å². The van der Waals surface area contributed by atoms with Crippen LogP contribution in [0.4, 0.5) is 0 Å². The third kappa shape index (κ3) is 9.67. The van der Waals surface area contributed by atoms with Gasteiger partial charge in [0.15, 0.2) is 0 Å². The van der Waals surface area contributed by atoms with Crippen LogP contribution in [0.15, 0.2) is 66.8 Å². The Labute approximate surface area is 248 Å². The zero-order valence-electron chi connectivity index (χ0n) is 24.9. The fourth-order valence-electron chi connectivity index (χ4n) is 4.93. The molecule has 226 valence electrons. The molecule has 0 atom stereocenters. The Morgan fingerprint density at radius 2 is 1.38 bits per heavy atom. The summed E-state index contributed by atoms with van der Waals surface area (Å²) in [5, 5.41) is 0. The molecule has 0 radical (unpaired) electrons. The van der Waals surface area contributed by atoms with E-state index in [2.05, 4.69) is 20.1 Å². The van der Waals surface area contributed by atoms with Crippen LogP contribution in [0.3, 0.4) is 0 Å². The molecule has 0 bridgehead atoms. The van der Waals surface area contributed by atoms with Crippen molar-refractivity contribution in [3.63, 3.8) is 0 Å². The minimum absolute atomic E-state index is 0.00787. The van der Waals surface area contributed by atoms with E-state index in [-0.39, 0.29) is 41.8 Å². The molecule has 0 unspecified atom stereocenters. The summed E-state index contributed by atoms with van der Waals surface area (Å²) in [6.07, 6.45) is 8.46. The summed E-state index contributed by atoms with van der Waals surface area (Å²) in [6.45, 7) is 9.63. The first-order chi connectivity index (χ1) is 20.2. The topological polar surface area (TPSA) is 97.4 Å². The van der Waals surface area contributed by atoms with E-state index in [9.17, 15) is 14.4 Å². The number of benzene rings is 2. The van der Waals surface area contributed by atoms with Crippen LogP contribution in [0.2, 0.25) is 0 Å². The van der Waals surface area contributed by atoms with Gasteiger partial charge in [-0.1, -0.05) is 64.0 Å². The van der Waals surface area contributed by atoms with Crippen molar-refractivity contribution in [2.45, 2.75) is 64.4 Å². The molecule has 0 spiro atoms. The third-order valence-electron chi connectivity index (χ3n) is 7.30. The van der Waals surface area contributed by atoms with Crippen molar-refractivity contribution in [2.75, 3.05) is 27.4 Å². The SMILES string of the molecule is C=C(COC)C(=O)Oc1ccc(-c2ccc(OC(=O)C(=C)COC)c(C(=O)OC3CCC(CCCCC)CC3)c2)cc1. The Bertz CT molecular complexity index is 1240. The molecule has 0 aliphatic heterocycles. The van der Waals surface area contributed by atoms with Crippen molar-refractivity contribution in [3.8, 4) is 22.6 Å². The fraction of sp³-hybridized carbons (Fsp3) is 0.441. The van der Waals surface area contributed by atoms with E-state index in [4.69, 9.17) is 23.7 Å². The molecule has 0 N–H and O–H groups in total. The molecular formula is C34H42O8. The average molecular weight is 579 g/mol. The van der Waals surface area contributed by atoms with E-state index < -0.39 is 17.9 Å². The van der Waals surface area contributed by atoms with E-state index >= 15 is 0 Å². The van der Waals surface area contributed by atoms with Gasteiger partial charge in [-0.3, -0.25) is 0 Å². The Morgan fingerprint density at radius 1 is 0.786 bits per heavy atom. The van der Waals surface area contributed by atoms with E-state index in [1.807, 2.05) is 0 Å². The molecule has 1 aliphatic carbocycles. The highest BCUT2D eigenvalue weighted by Crippen LogP contribution is 2.33. The van der Waals surface area contributed by atoms with Gasteiger partial charge in [0.1, 0.15) is 23.2 Å². The minimum atomic E-state index is -0.688. The summed E-state index contributed by atoms with van der Waals surface area (Å²) in [5.74, 6) is -0.708. The van der Waals surface area contributed by atoms with Crippen LogP contribution in [0, 0.1) is 5.92 Å². The zero-order valence-corrected chi connectivity index (χ0v) is 24.9. The first-order valence-corrected chi connectivity index (χ1v) is 14.5. The molecule has 8 nitrogen and oxygen atoms in total. The van der Waals surface area contributed by atoms with Crippen molar-refractivity contribution in [3.05, 3.63) is 72.3 Å². The molecule has 1 saturated carbocycles. The average Bonchev–Trinajstić information content (AvgIpc) is 2.99. The highest BCUT2D eigenvalue weighted by Gasteiger charge is 2.26. The number of ether oxygens (including phenoxy) is 5. The van der Waals surface area contributed by atoms with E-state index in [0.29, 0.717) is 17.2 Å². The predicted octanol–water partition coefficient (Wildman–Crippen LogP) is 6.87. The monoisotopic (exact) mass is 578 g/mol. The standard InChI is InChI=1S/C34H42O8/c1-6-7-8-9-25-10-15-28(16-11-25)41-34(37)30-20-27(14-19-31(30)42-33(36)24(3)22-39-5)26-12-17-29(18-13-26)40-32(35)23(2)21-38-4/h12-14,17-20,25,28H,2-3,6-11,15-16,21-22H2,1,4-5H3. The van der Waals surface area contributed by atoms with Crippen LogP contribution < -0.4 is 9.47 Å². The maximum absolute atomic E-state index is 13.4. The molecule has 0 amide bonds. The number of carbonyl (C=O) groups excluding carboxylic acids is 3. The first-order valence-electron chi connectivity index (χ1n) is 14.5. The minimum Gasteiger partial charge on any atom is -0.459 e. The second-order valence-corrected chi connectivity index (χ2v) is 10.6. The van der Waals surface area contributed by atoms with E-state index in [1.54, 1.807) is 42.5 Å². The second kappa shape index (κ2) is 16.6. The maximum Gasteiger partial charge on any atom is 0.342 e. The Kier molecular flexibility index (Phi) is 13.0. The highest BCUT2D eigenvalue weighted by molar-refractivity contribution is 5.97. The van der Waals surface area contributed by atoms with Gasteiger partial charge in [0, 0.05) is 14.2 Å². The summed E-state index contributed by atoms with van der Waals surface area (Å²) in [6, 6.07) is 11.8. The lowest BCUT2D eigenvalue weighted by molar-refractivity contribution is -0.131. The largest absolute Gasteiger partial charge is 0.459 e. The number of hydrogen-bond donors (Lipinski definition) is 0. The molecule has 2 aromatic rings. The summed E-state index contributed by atoms with van der Waals surface area (Å²) >= 11 is 0. The molecule has 1 fully saturated rings. The second-order valence-electron chi connectivity index (χ2n) is 10.6. The molecule has 0 saturated heterocycles. The van der Waals surface area contributed by atoms with Gasteiger partial charge in [0.2, 0.25) is 0 Å². The van der Waals surface area contributed by atoms with Gasteiger partial charge in [-0.05, 0) is 67.0 Å². The summed E-state index contributed by atoms with van der Waals surface area (Å²) in [7, 11) is 2.93. The van der Waals surface area contributed by atoms with Gasteiger partial charge >= 0.3 is 17.9 Å². The summed E-state index contributed by atoms with van der Waals surface area (Å²) in [4.78, 5) is 38.1. The highest BCUT2D eigenvalue weighted by atomic mass is 16.6. The van der Waals surface area contributed by atoms with Crippen molar-refractivity contribution >= 4 is 17.9 Å². The van der Waals surface area contributed by atoms with Gasteiger partial charge in [-0.25, -0.2) is 14.4 Å². The van der Waals surface area contributed by atoms with Crippen molar-refractivity contribution < 1.29 is 38.1 Å². The van der Waals surface area contributed by atoms with Crippen LogP contribution in [-0.4, -0.2) is 51.4 Å². The van der Waals surface area contributed by atoms with Crippen molar-refractivity contribution in [1.82, 2.24) is 0 Å². The van der Waals surface area contributed by atoms with E-state index in [0.717, 1.165) is 31.2 Å². The smallest absolute Gasteiger partial charge is 0.342 e. The lowest BCUT2D eigenvalue weighted by Crippen LogP contribution is -2.25. The molecule has 0 aromatic heterocycles. The number of esters is 3. The van der Waals surface area contributed by atoms with Gasteiger partial charge in [0.05, 0.1) is 24.4 Å². The molecule has 2 aromatic carbocycles. The van der Waals surface area contributed by atoms with E-state index in [1.165, 1.54) is 39.9 Å². The summed E-state index contributed by atoms with van der Waals surface area (Å²) in [5.41, 5.74) is 1.92. The molecule has 1 aliphatic rings. The Hall–Kier alpha value is -3.75. The first kappa shape index (κ1) is 32.8. The summed E-state index contributed by atoms with van der Waals surface area (Å²) < 4.78 is 26.7. The van der Waals surface area contributed by atoms with Crippen molar-refractivity contribution in [2.24, 2.45) is 5.92 Å². The van der Waals surface area contributed by atoms with Gasteiger partial charge in [-0.2, -0.15) is 0 Å². The molecule has 42 heavy (non-hydrogen) atoms. The number of rotatable bonds is 15. The normalized spacial score (nSPS) is 16.4. The molecule has 0 heterocycles. The Balaban J connectivity index is 1.77. The number of hydrogen-bond acceptors (Lipinski definition) is 8. The van der Waals surface area contributed by atoms with Crippen LogP contribution in [0.5, 0.6) is 11.5 Å². The van der Waals surface area contributed by atoms with Crippen LogP contribution >= 0.6 is 0 Å². The maximum atomic E-state index is 13.4. The van der Waals surface area contributed by atoms with Gasteiger partial charge < -0.3 is 23.7 Å². The molecule has 8 heteroatoms. The Morgan fingerprint density at radius 3 is 1.98 bits per heavy atom. The van der Waals surface area contributed by atoms with Crippen molar-refractivity contribution in [1.29, 1.82) is 0 Å². The molecular weight excluding hydrogens is 536 g/mol. The zero-order chi connectivity index (χ0) is 30.5. The van der Waals surface area contributed by atoms with Crippen LogP contribution in [0.25, 0.3) is 11.1 Å². The van der Waals surface area contributed by atoms with Gasteiger partial charge in [0.25, 0.3) is 0 Å². The lowest BCUT2D eigenvalue weighted by atomic mass is 9.84. The lowest BCUT2D eigenvalue weighted by Gasteiger charge is -2.28. The molecule has 3 rings (SSSR count). The van der Waals surface area contributed by atoms with Gasteiger partial charge in [-0.15, -0.1) is 0 Å². The number of carbonyl (C=O) groups is 3. The fourth-order valence-corrected chi connectivity index (χ4v) is 4.93. The number of unbranched alkanes of at least 4 members (excludes halogenated alkanes) is 2. The quantitative estimate of drug-likeness (QED) is 0.0978. The number of methoxy groups -OCH3 is 2. The third-order valence-corrected chi connectivity index (χ3v) is 7.30. The predicted molar refractivity (Wildman–Crippen MR) is 160 cm³/mol.